The molecule has 0 saturated carbocycles. The largest absolute Gasteiger partial charge is 0.394 e. The summed E-state index contributed by atoms with van der Waals surface area (Å²) in [5.41, 5.74) is 0. The Morgan fingerprint density at radius 2 is 0.836 bits per heavy atom. The summed E-state index contributed by atoms with van der Waals surface area (Å²) in [5.74, 6) is 0.0694. The molecule has 1 saturated heterocycles. The summed E-state index contributed by atoms with van der Waals surface area (Å²) in [7, 11) is 0. The van der Waals surface area contributed by atoms with E-state index in [0.717, 1.165) is 38.5 Å². The summed E-state index contributed by atoms with van der Waals surface area (Å²) < 4.78 is 6.32. The number of aliphatic hydroxyl groups excluding tert-OH is 3. The Labute approximate surface area is 342 Å². The summed E-state index contributed by atoms with van der Waals surface area (Å²) in [6.45, 7) is 7.69. The zero-order valence-electron chi connectivity index (χ0n) is 37.1. The number of carbonyl (C=O) groups is 1. The molecule has 0 radical (unpaired) electrons. The fraction of sp³-hybridized carbons (Fsp3) is 0.979. The van der Waals surface area contributed by atoms with Crippen LogP contribution in [0.4, 0.5) is 0 Å². The number of hydrogen-bond acceptors (Lipinski definition) is 6. The summed E-state index contributed by atoms with van der Waals surface area (Å²) in [5, 5.41) is 35.8. The Morgan fingerprint density at radius 1 is 0.491 bits per heavy atom. The molecule has 55 heavy (non-hydrogen) atoms. The van der Waals surface area contributed by atoms with Crippen LogP contribution in [0, 0.1) is 0 Å². The van der Waals surface area contributed by atoms with E-state index in [0.29, 0.717) is 19.5 Å². The number of unbranched alkanes of at least 4 members (excludes halogenated alkanes) is 32. The molecule has 1 rings (SSSR count). The summed E-state index contributed by atoms with van der Waals surface area (Å²) in [6.07, 6.45) is 40.8. The van der Waals surface area contributed by atoms with E-state index in [4.69, 9.17) is 4.74 Å². The number of ether oxygens (including phenoxy) is 1. The van der Waals surface area contributed by atoms with E-state index in [-0.39, 0.29) is 12.5 Å². The maximum atomic E-state index is 13.9. The molecule has 0 aromatic carbocycles. The first-order valence-electron chi connectivity index (χ1n) is 24.7. The van der Waals surface area contributed by atoms with Gasteiger partial charge in [-0.25, -0.2) is 0 Å². The van der Waals surface area contributed by atoms with Crippen LogP contribution in [-0.4, -0.2) is 76.4 Å². The third-order valence-corrected chi connectivity index (χ3v) is 12.2. The first-order valence-corrected chi connectivity index (χ1v) is 24.7. The molecule has 0 bridgehead atoms. The van der Waals surface area contributed by atoms with Crippen molar-refractivity contribution < 1.29 is 24.9 Å². The van der Waals surface area contributed by atoms with Crippen LogP contribution in [0.3, 0.4) is 0 Å². The third kappa shape index (κ3) is 27.6. The average molecular weight is 781 g/mol. The van der Waals surface area contributed by atoms with Crippen molar-refractivity contribution in [1.29, 1.82) is 0 Å². The Bertz CT molecular complexity index is 815. The van der Waals surface area contributed by atoms with Crippen molar-refractivity contribution in [3.8, 4) is 0 Å². The topological polar surface area (TPSA) is 102 Å². The summed E-state index contributed by atoms with van der Waals surface area (Å²) in [4.78, 5) is 15.8. The van der Waals surface area contributed by atoms with Gasteiger partial charge in [0.15, 0.2) is 6.23 Å². The van der Waals surface area contributed by atoms with Gasteiger partial charge in [0, 0.05) is 13.0 Å². The van der Waals surface area contributed by atoms with Gasteiger partial charge in [-0.05, 0) is 25.8 Å². The molecule has 1 fully saturated rings. The van der Waals surface area contributed by atoms with Gasteiger partial charge in [-0.2, -0.15) is 0 Å². The molecule has 1 unspecified atom stereocenters. The van der Waals surface area contributed by atoms with Gasteiger partial charge in [-0.15, -0.1) is 0 Å². The summed E-state index contributed by atoms with van der Waals surface area (Å²) >= 11 is 0. The lowest BCUT2D eigenvalue weighted by Gasteiger charge is -2.47. The van der Waals surface area contributed by atoms with Crippen LogP contribution in [0.15, 0.2) is 0 Å². The lowest BCUT2D eigenvalue weighted by Crippen LogP contribution is -2.68. The molecule has 7 heteroatoms. The average Bonchev–Trinajstić information content (AvgIpc) is 3.19. The molecule has 5 atom stereocenters. The fourth-order valence-corrected chi connectivity index (χ4v) is 8.42. The minimum atomic E-state index is -1.20. The molecule has 4 N–H and O–H groups in total. The number of nitrogens with zero attached hydrogens (tertiary/aromatic N) is 1. The molecule has 328 valence electrons. The van der Waals surface area contributed by atoms with Crippen LogP contribution >= 0.6 is 0 Å². The van der Waals surface area contributed by atoms with Gasteiger partial charge in [0.1, 0.15) is 18.3 Å². The number of aliphatic hydroxyl groups is 3. The Hall–Kier alpha value is -0.730. The third-order valence-electron chi connectivity index (χ3n) is 12.2. The van der Waals surface area contributed by atoms with Gasteiger partial charge >= 0.3 is 0 Å². The van der Waals surface area contributed by atoms with Crippen LogP contribution in [0.5, 0.6) is 0 Å². The maximum absolute atomic E-state index is 13.9. The van der Waals surface area contributed by atoms with E-state index in [1.165, 1.54) is 186 Å². The normalized spacial score (nSPS) is 20.0. The van der Waals surface area contributed by atoms with Gasteiger partial charge in [0.05, 0.1) is 12.6 Å². The van der Waals surface area contributed by atoms with Crippen LogP contribution in [0.2, 0.25) is 0 Å². The van der Waals surface area contributed by atoms with Gasteiger partial charge in [-0.1, -0.05) is 226 Å². The lowest BCUT2D eigenvalue weighted by atomic mass is 9.94. The Balaban J connectivity index is 2.62. The molecule has 0 aliphatic carbocycles. The van der Waals surface area contributed by atoms with Crippen LogP contribution in [-0.2, 0) is 9.53 Å². The van der Waals surface area contributed by atoms with Gasteiger partial charge < -0.3 is 30.3 Å². The molecule has 0 aromatic heterocycles. The van der Waals surface area contributed by atoms with Crippen molar-refractivity contribution in [1.82, 2.24) is 10.2 Å². The lowest BCUT2D eigenvalue weighted by molar-refractivity contribution is -0.231. The second kappa shape index (κ2) is 38.8. The smallest absolute Gasteiger partial charge is 0.224 e. The number of hydrogen-bond donors (Lipinski definition) is 4. The van der Waals surface area contributed by atoms with Crippen molar-refractivity contribution in [2.24, 2.45) is 0 Å². The quantitative estimate of drug-likeness (QED) is 0.0461. The van der Waals surface area contributed by atoms with Crippen molar-refractivity contribution in [3.63, 3.8) is 0 Å². The van der Waals surface area contributed by atoms with Gasteiger partial charge in [0.25, 0.3) is 0 Å². The molecule has 7 nitrogen and oxygen atoms in total. The summed E-state index contributed by atoms with van der Waals surface area (Å²) in [6, 6.07) is -0.593. The second-order valence-electron chi connectivity index (χ2n) is 17.4. The van der Waals surface area contributed by atoms with E-state index >= 15 is 0 Å². The Kier molecular flexibility index (Phi) is 36.9. The first-order chi connectivity index (χ1) is 27.0. The highest BCUT2D eigenvalue weighted by Crippen LogP contribution is 2.26. The predicted molar refractivity (Wildman–Crippen MR) is 234 cm³/mol. The molecule has 1 aliphatic heterocycles. The number of carbonyl (C=O) groups excluding carboxylic acids is 1. The van der Waals surface area contributed by atoms with Crippen molar-refractivity contribution in [2.75, 3.05) is 19.7 Å². The van der Waals surface area contributed by atoms with E-state index in [9.17, 15) is 20.1 Å². The first kappa shape index (κ1) is 52.3. The Morgan fingerprint density at radius 3 is 1.22 bits per heavy atom. The zero-order valence-corrected chi connectivity index (χ0v) is 37.1. The number of amides is 1. The molecular formula is C48H96N2O5. The van der Waals surface area contributed by atoms with Gasteiger partial charge in [-0.3, -0.25) is 4.79 Å². The zero-order chi connectivity index (χ0) is 40.0. The molecule has 1 aliphatic rings. The van der Waals surface area contributed by atoms with Crippen LogP contribution in [0.1, 0.15) is 252 Å². The highest BCUT2D eigenvalue weighted by Gasteiger charge is 2.47. The SMILES string of the molecule is CCCCCCCCCCCCCCCCCCN(C(=O)CCCCCCCCCCC)C1O[C@H](CO)[C@@H](O)[C@H](O)[C@H]1NCCCCCCCCCCCC. The highest BCUT2D eigenvalue weighted by atomic mass is 16.5. The van der Waals surface area contributed by atoms with E-state index in [1.807, 2.05) is 4.90 Å². The number of rotatable bonds is 41. The molecule has 0 aromatic rings. The van der Waals surface area contributed by atoms with E-state index < -0.39 is 30.6 Å². The molecule has 0 spiro atoms. The monoisotopic (exact) mass is 781 g/mol. The van der Waals surface area contributed by atoms with Crippen LogP contribution < -0.4 is 5.32 Å². The van der Waals surface area contributed by atoms with Crippen molar-refractivity contribution in [3.05, 3.63) is 0 Å². The van der Waals surface area contributed by atoms with E-state index in [1.54, 1.807) is 0 Å². The molecule has 1 heterocycles. The maximum Gasteiger partial charge on any atom is 0.224 e. The molecular weight excluding hydrogens is 685 g/mol. The minimum Gasteiger partial charge on any atom is -0.394 e. The van der Waals surface area contributed by atoms with Gasteiger partial charge in [0.2, 0.25) is 5.91 Å². The second-order valence-corrected chi connectivity index (χ2v) is 17.4. The van der Waals surface area contributed by atoms with Crippen molar-refractivity contribution >= 4 is 5.91 Å². The number of nitrogens with one attached hydrogen (secondary N) is 1. The van der Waals surface area contributed by atoms with E-state index in [2.05, 4.69) is 26.1 Å². The molecule has 1 amide bonds. The van der Waals surface area contributed by atoms with Crippen LogP contribution in [0.25, 0.3) is 0 Å². The van der Waals surface area contributed by atoms with Crippen molar-refractivity contribution in [2.45, 2.75) is 283 Å². The standard InChI is InChI=1S/C48H96N2O5/c1-4-7-10-13-16-19-21-22-23-24-25-26-29-32-35-38-41-50(44(52)39-36-33-30-27-18-15-12-9-6-3)48-45(47(54)46(53)43(42-51)55-48)49-40-37-34-31-28-20-17-14-11-8-5-2/h43,45-49,51,53-54H,4-42H2,1-3H3/t43-,45-,46-,47-,48?/m1/s1. The fourth-order valence-electron chi connectivity index (χ4n) is 8.42. The minimum absolute atomic E-state index is 0.0694. The highest BCUT2D eigenvalue weighted by molar-refractivity contribution is 5.76. The predicted octanol–water partition coefficient (Wildman–Crippen LogP) is 12.3.